The van der Waals surface area contributed by atoms with Crippen LogP contribution in [0.4, 0.5) is 0 Å². The molecule has 0 saturated carbocycles. The van der Waals surface area contributed by atoms with E-state index in [0.717, 1.165) is 5.56 Å². The van der Waals surface area contributed by atoms with E-state index in [1.165, 1.54) is 31.3 Å². The van der Waals surface area contributed by atoms with Gasteiger partial charge in [0, 0.05) is 13.1 Å². The lowest BCUT2D eigenvalue weighted by atomic mass is 10.1. The van der Waals surface area contributed by atoms with Crippen LogP contribution >= 0.6 is 0 Å². The van der Waals surface area contributed by atoms with E-state index >= 15 is 0 Å². The Hall–Kier alpha value is -3.11. The number of nitrogens with one attached hydrogen (secondary N) is 1. The predicted molar refractivity (Wildman–Crippen MR) is 127 cm³/mol. The minimum atomic E-state index is -3.93. The summed E-state index contributed by atoms with van der Waals surface area (Å²) < 4.78 is 43.4. The summed E-state index contributed by atoms with van der Waals surface area (Å²) in [6.45, 7) is 5.36. The van der Waals surface area contributed by atoms with E-state index in [9.17, 15) is 18.0 Å². The smallest absolute Gasteiger partial charge is 0.324 e. The second kappa shape index (κ2) is 12.4. The van der Waals surface area contributed by atoms with E-state index in [2.05, 4.69) is 4.72 Å². The molecule has 0 spiro atoms. The van der Waals surface area contributed by atoms with Gasteiger partial charge in [0.15, 0.2) is 18.1 Å². The lowest BCUT2D eigenvalue weighted by Gasteiger charge is -2.23. The molecule has 0 radical (unpaired) electrons. The van der Waals surface area contributed by atoms with E-state index in [1.54, 1.807) is 44.2 Å². The zero-order valence-electron chi connectivity index (χ0n) is 20.1. The Morgan fingerprint density at radius 2 is 1.65 bits per heavy atom. The Balaban J connectivity index is 2.03. The maximum absolute atomic E-state index is 12.7. The predicted octanol–water partition coefficient (Wildman–Crippen LogP) is 2.60. The summed E-state index contributed by atoms with van der Waals surface area (Å²) in [6.07, 6.45) is 0. The summed E-state index contributed by atoms with van der Waals surface area (Å²) >= 11 is 0. The average molecular weight is 493 g/mol. The maximum atomic E-state index is 12.7. The zero-order valence-corrected chi connectivity index (χ0v) is 20.9. The van der Waals surface area contributed by atoms with E-state index in [1.807, 2.05) is 13.0 Å². The molecule has 1 amide bonds. The van der Waals surface area contributed by atoms with Gasteiger partial charge in [0.25, 0.3) is 5.91 Å². The van der Waals surface area contributed by atoms with Crippen molar-refractivity contribution in [3.63, 3.8) is 0 Å². The number of methoxy groups -OCH3 is 2. The molecule has 0 aliphatic carbocycles. The molecule has 2 rings (SSSR count). The summed E-state index contributed by atoms with van der Waals surface area (Å²) in [7, 11) is -0.862. The first kappa shape index (κ1) is 27.1. The molecule has 0 aliphatic heterocycles. The van der Waals surface area contributed by atoms with Crippen LogP contribution in [0, 0.1) is 5.92 Å². The van der Waals surface area contributed by atoms with Crippen molar-refractivity contribution in [2.24, 2.45) is 5.92 Å². The maximum Gasteiger partial charge on any atom is 0.324 e. The molecule has 1 N–H and O–H groups in total. The number of benzene rings is 2. The highest BCUT2D eigenvalue weighted by molar-refractivity contribution is 7.89. The van der Waals surface area contributed by atoms with Gasteiger partial charge in [-0.25, -0.2) is 8.42 Å². The van der Waals surface area contributed by atoms with Crippen LogP contribution in [0.5, 0.6) is 11.5 Å². The SMILES string of the molecule is CCN(Cc1ccc(OC)c(OC)c1)C(=O)COC(=O)[C@@H](NS(=O)(=O)c1ccccc1)C(C)C. The van der Waals surface area contributed by atoms with Gasteiger partial charge in [0.05, 0.1) is 19.1 Å². The highest BCUT2D eigenvalue weighted by atomic mass is 32.2. The van der Waals surface area contributed by atoms with Crippen molar-refractivity contribution in [3.05, 3.63) is 54.1 Å². The topological polar surface area (TPSA) is 111 Å². The third-order valence-corrected chi connectivity index (χ3v) is 6.61. The van der Waals surface area contributed by atoms with Crippen molar-refractivity contribution in [2.75, 3.05) is 27.4 Å². The highest BCUT2D eigenvalue weighted by Crippen LogP contribution is 2.28. The van der Waals surface area contributed by atoms with E-state index in [-0.39, 0.29) is 11.4 Å². The van der Waals surface area contributed by atoms with Gasteiger partial charge in [-0.1, -0.05) is 38.1 Å². The number of carbonyl (C=O) groups excluding carboxylic acids is 2. The standard InChI is InChI=1S/C24H32N2O7S/c1-6-26(15-18-12-13-20(31-4)21(14-18)32-5)22(27)16-33-24(28)23(17(2)3)25-34(29,30)19-10-8-7-9-11-19/h7-14,17,23,25H,6,15-16H2,1-5H3/t23-/m0/s1. The quantitative estimate of drug-likeness (QED) is 0.453. The van der Waals surface area contributed by atoms with Crippen LogP contribution < -0.4 is 14.2 Å². The van der Waals surface area contributed by atoms with Gasteiger partial charge in [-0.15, -0.1) is 0 Å². The Morgan fingerprint density at radius 3 is 2.21 bits per heavy atom. The lowest BCUT2D eigenvalue weighted by Crippen LogP contribution is -2.46. The summed E-state index contributed by atoms with van der Waals surface area (Å²) in [5.41, 5.74) is 0.815. The zero-order chi connectivity index (χ0) is 25.3. The van der Waals surface area contributed by atoms with Crippen LogP contribution in [0.3, 0.4) is 0 Å². The molecule has 186 valence electrons. The number of amides is 1. The van der Waals surface area contributed by atoms with Gasteiger partial charge in [-0.3, -0.25) is 9.59 Å². The number of carbonyl (C=O) groups is 2. The van der Waals surface area contributed by atoms with Crippen molar-refractivity contribution >= 4 is 21.9 Å². The molecule has 0 fully saturated rings. The molecule has 2 aromatic rings. The van der Waals surface area contributed by atoms with Gasteiger partial charge in [-0.05, 0) is 42.7 Å². The molecular formula is C24H32N2O7S. The van der Waals surface area contributed by atoms with Crippen LogP contribution in [-0.2, 0) is 30.9 Å². The third kappa shape index (κ3) is 7.19. The van der Waals surface area contributed by atoms with E-state index in [4.69, 9.17) is 14.2 Å². The second-order valence-corrected chi connectivity index (χ2v) is 9.57. The Bertz CT molecular complexity index is 1070. The minimum Gasteiger partial charge on any atom is -0.493 e. The molecule has 1 atom stereocenters. The minimum absolute atomic E-state index is 0.0385. The average Bonchev–Trinajstić information content (AvgIpc) is 2.84. The first-order valence-corrected chi connectivity index (χ1v) is 12.3. The first-order valence-electron chi connectivity index (χ1n) is 10.9. The van der Waals surface area contributed by atoms with Gasteiger partial charge >= 0.3 is 5.97 Å². The van der Waals surface area contributed by atoms with Gasteiger partial charge in [0.2, 0.25) is 10.0 Å². The number of hydrogen-bond donors (Lipinski definition) is 1. The number of esters is 1. The Kier molecular flexibility index (Phi) is 9.88. The fourth-order valence-corrected chi connectivity index (χ4v) is 4.54. The van der Waals surface area contributed by atoms with Crippen LogP contribution in [0.25, 0.3) is 0 Å². The summed E-state index contributed by atoms with van der Waals surface area (Å²) in [6, 6.07) is 11.9. The number of sulfonamides is 1. The molecule has 0 aromatic heterocycles. The van der Waals surface area contributed by atoms with Crippen molar-refractivity contribution < 1.29 is 32.2 Å². The fourth-order valence-electron chi connectivity index (χ4n) is 3.18. The monoisotopic (exact) mass is 492 g/mol. The van der Waals surface area contributed by atoms with Crippen LogP contribution in [-0.4, -0.2) is 58.6 Å². The summed E-state index contributed by atoms with van der Waals surface area (Å²) in [5, 5.41) is 0. The summed E-state index contributed by atoms with van der Waals surface area (Å²) in [4.78, 5) is 26.9. The normalized spacial score (nSPS) is 12.2. The molecule has 0 unspecified atom stereocenters. The van der Waals surface area contributed by atoms with Crippen LogP contribution in [0.1, 0.15) is 26.3 Å². The van der Waals surface area contributed by atoms with Gasteiger partial charge in [0.1, 0.15) is 6.04 Å². The Labute approximate surface area is 201 Å². The number of nitrogens with zero attached hydrogens (tertiary/aromatic N) is 1. The molecule has 2 aromatic carbocycles. The fraction of sp³-hybridized carbons (Fsp3) is 0.417. The lowest BCUT2D eigenvalue weighted by molar-refractivity contribution is -0.154. The van der Waals surface area contributed by atoms with E-state index < -0.39 is 40.5 Å². The third-order valence-electron chi connectivity index (χ3n) is 5.15. The molecule has 0 saturated heterocycles. The number of hydrogen-bond acceptors (Lipinski definition) is 7. The molecule has 0 bridgehead atoms. The van der Waals surface area contributed by atoms with Crippen molar-refractivity contribution in [1.82, 2.24) is 9.62 Å². The molecule has 34 heavy (non-hydrogen) atoms. The van der Waals surface area contributed by atoms with Gasteiger partial charge in [-0.2, -0.15) is 4.72 Å². The van der Waals surface area contributed by atoms with Crippen LogP contribution in [0.2, 0.25) is 0 Å². The number of likely N-dealkylation sites (N-methyl/N-ethyl adjacent to an activating group) is 1. The molecule has 9 nitrogen and oxygen atoms in total. The molecule has 0 aliphatic rings. The first-order chi connectivity index (χ1) is 16.1. The molecular weight excluding hydrogens is 460 g/mol. The molecule has 0 heterocycles. The number of ether oxygens (including phenoxy) is 3. The Morgan fingerprint density at radius 1 is 1.00 bits per heavy atom. The van der Waals surface area contributed by atoms with Gasteiger partial charge < -0.3 is 19.1 Å². The van der Waals surface area contributed by atoms with Crippen molar-refractivity contribution in [3.8, 4) is 11.5 Å². The van der Waals surface area contributed by atoms with E-state index in [0.29, 0.717) is 18.0 Å². The summed E-state index contributed by atoms with van der Waals surface area (Å²) in [5.74, 6) is -0.494. The highest BCUT2D eigenvalue weighted by Gasteiger charge is 2.30. The second-order valence-electron chi connectivity index (χ2n) is 7.86. The molecule has 10 heteroatoms. The largest absolute Gasteiger partial charge is 0.493 e. The van der Waals surface area contributed by atoms with Crippen LogP contribution in [0.15, 0.2) is 53.4 Å². The number of rotatable bonds is 12. The van der Waals surface area contributed by atoms with Crippen molar-refractivity contribution in [1.29, 1.82) is 0 Å². The van der Waals surface area contributed by atoms with Crippen molar-refractivity contribution in [2.45, 2.75) is 38.3 Å².